The number of aromatic nitrogens is 1. The van der Waals surface area contributed by atoms with E-state index in [2.05, 4.69) is 20.4 Å². The van der Waals surface area contributed by atoms with Crippen LogP contribution in [0.15, 0.2) is 55.0 Å². The molecule has 6 nitrogen and oxygen atoms in total. The summed E-state index contributed by atoms with van der Waals surface area (Å²) in [7, 11) is 1.81. The molecule has 0 radical (unpaired) electrons. The van der Waals surface area contributed by atoms with E-state index in [0.717, 1.165) is 16.7 Å². The van der Waals surface area contributed by atoms with Crippen molar-refractivity contribution in [1.29, 1.82) is 0 Å². The van der Waals surface area contributed by atoms with E-state index < -0.39 is 6.61 Å². The summed E-state index contributed by atoms with van der Waals surface area (Å²) in [6, 6.07) is 7.46. The maximum Gasteiger partial charge on any atom is 0.387 e. The maximum atomic E-state index is 12.1. The number of benzene rings is 1. The number of alkyl halides is 2. The molecule has 1 amide bonds. The quantitative estimate of drug-likeness (QED) is 0.619. The molecule has 1 heterocycles. The molecule has 0 bridgehead atoms. The molecule has 1 aromatic heterocycles. The van der Waals surface area contributed by atoms with Gasteiger partial charge in [0.05, 0.1) is 0 Å². The Morgan fingerprint density at radius 2 is 2.04 bits per heavy atom. The number of amides is 1. The summed E-state index contributed by atoms with van der Waals surface area (Å²) in [4.78, 5) is 16.2. The van der Waals surface area contributed by atoms with Gasteiger partial charge in [-0.2, -0.15) is 8.78 Å². The minimum atomic E-state index is -2.89. The van der Waals surface area contributed by atoms with Gasteiger partial charge < -0.3 is 21.1 Å². The second-order valence-corrected chi connectivity index (χ2v) is 5.41. The van der Waals surface area contributed by atoms with Gasteiger partial charge in [-0.25, -0.2) is 0 Å². The molecule has 142 valence electrons. The van der Waals surface area contributed by atoms with Crippen molar-refractivity contribution in [2.45, 2.75) is 6.61 Å². The Morgan fingerprint density at radius 1 is 1.30 bits per heavy atom. The smallest absolute Gasteiger partial charge is 0.387 e. The number of carbonyl (C=O) groups is 1. The number of ether oxygens (including phenoxy) is 1. The molecule has 0 atom stereocenters. The van der Waals surface area contributed by atoms with Gasteiger partial charge in [-0.15, -0.1) is 0 Å². The molecule has 0 saturated heterocycles. The van der Waals surface area contributed by atoms with Crippen LogP contribution in [0.5, 0.6) is 5.75 Å². The summed E-state index contributed by atoms with van der Waals surface area (Å²) in [5, 5.41) is 5.67. The molecule has 0 spiro atoms. The van der Waals surface area contributed by atoms with Crippen molar-refractivity contribution in [1.82, 2.24) is 10.3 Å². The fourth-order valence-corrected chi connectivity index (χ4v) is 2.34. The highest BCUT2D eigenvalue weighted by Crippen LogP contribution is 2.19. The molecule has 0 aliphatic carbocycles. The highest BCUT2D eigenvalue weighted by Gasteiger charge is 2.07. The Kier molecular flexibility index (Phi) is 7.45. The summed E-state index contributed by atoms with van der Waals surface area (Å²) in [5.74, 6) is -0.358. The minimum absolute atomic E-state index is 0.0178. The van der Waals surface area contributed by atoms with Crippen LogP contribution >= 0.6 is 0 Å². The third-order valence-electron chi connectivity index (χ3n) is 3.53. The van der Waals surface area contributed by atoms with Gasteiger partial charge in [-0.1, -0.05) is 0 Å². The number of nitrogens with one attached hydrogen (secondary N) is 2. The third-order valence-corrected chi connectivity index (χ3v) is 3.53. The van der Waals surface area contributed by atoms with Gasteiger partial charge in [-0.3, -0.25) is 9.78 Å². The molecule has 4 N–H and O–H groups in total. The van der Waals surface area contributed by atoms with Crippen LogP contribution < -0.4 is 21.1 Å². The van der Waals surface area contributed by atoms with E-state index in [1.807, 2.05) is 13.1 Å². The van der Waals surface area contributed by atoms with Crippen molar-refractivity contribution in [3.05, 3.63) is 66.1 Å². The van der Waals surface area contributed by atoms with Gasteiger partial charge in [0.15, 0.2) is 0 Å². The van der Waals surface area contributed by atoms with Gasteiger partial charge >= 0.3 is 6.61 Å². The second kappa shape index (κ2) is 10.0. The van der Waals surface area contributed by atoms with Crippen LogP contribution in [-0.4, -0.2) is 31.1 Å². The largest absolute Gasteiger partial charge is 0.435 e. The number of nitrogens with zero attached hydrogens (tertiary/aromatic N) is 1. The predicted octanol–water partition coefficient (Wildman–Crippen LogP) is 2.85. The van der Waals surface area contributed by atoms with E-state index in [1.54, 1.807) is 18.5 Å². The normalized spacial score (nSPS) is 11.8. The van der Waals surface area contributed by atoms with E-state index in [1.165, 1.54) is 36.5 Å². The molecular formula is C19H20F2N4O2. The van der Waals surface area contributed by atoms with E-state index in [0.29, 0.717) is 12.2 Å². The first kappa shape index (κ1) is 20.1. The van der Waals surface area contributed by atoms with Crippen LogP contribution in [-0.2, 0) is 4.79 Å². The van der Waals surface area contributed by atoms with E-state index in [-0.39, 0.29) is 11.7 Å². The average molecular weight is 374 g/mol. The average Bonchev–Trinajstić information content (AvgIpc) is 2.66. The van der Waals surface area contributed by atoms with Crippen LogP contribution in [0.3, 0.4) is 0 Å². The first-order chi connectivity index (χ1) is 13.0. The summed E-state index contributed by atoms with van der Waals surface area (Å²) < 4.78 is 28.5. The van der Waals surface area contributed by atoms with Gasteiger partial charge in [0.25, 0.3) is 0 Å². The molecule has 2 rings (SSSR count). The lowest BCUT2D eigenvalue weighted by Crippen LogP contribution is -2.12. The van der Waals surface area contributed by atoms with Crippen molar-refractivity contribution in [2.24, 2.45) is 5.73 Å². The van der Waals surface area contributed by atoms with E-state index in [9.17, 15) is 13.6 Å². The lowest BCUT2D eigenvalue weighted by atomic mass is 10.0. The lowest BCUT2D eigenvalue weighted by Gasteiger charge is -2.09. The fourth-order valence-electron chi connectivity index (χ4n) is 2.34. The lowest BCUT2D eigenvalue weighted by molar-refractivity contribution is -0.111. The van der Waals surface area contributed by atoms with Crippen LogP contribution in [0.25, 0.3) is 11.6 Å². The summed E-state index contributed by atoms with van der Waals surface area (Å²) in [6.45, 7) is -2.32. The topological polar surface area (TPSA) is 89.3 Å². The molecule has 27 heavy (non-hydrogen) atoms. The Labute approximate surface area is 155 Å². The maximum absolute atomic E-state index is 12.1. The Morgan fingerprint density at radius 3 is 2.67 bits per heavy atom. The standard InChI is InChI=1S/C19H20F2N4O2/c1-23-11-14(10-22)17-8-9-24-12-13(17)2-7-18(26)25-15-3-5-16(6-4-15)27-19(20)21/h2-10,12,19,23H,11,22H2,1H3,(H,25,26)/b7-2+,14-10+. The summed E-state index contributed by atoms with van der Waals surface area (Å²) in [6.07, 6.45) is 7.78. The van der Waals surface area contributed by atoms with Crippen LogP contribution in [0.2, 0.25) is 0 Å². The molecular weight excluding hydrogens is 354 g/mol. The van der Waals surface area contributed by atoms with Gasteiger partial charge in [0, 0.05) is 36.3 Å². The van der Waals surface area contributed by atoms with Gasteiger partial charge in [0.1, 0.15) is 5.75 Å². The Balaban J connectivity index is 2.07. The fraction of sp³-hybridized carbons (Fsp3) is 0.158. The highest BCUT2D eigenvalue weighted by atomic mass is 19.3. The number of halogens is 2. The zero-order chi connectivity index (χ0) is 19.6. The number of pyridine rings is 1. The Hall–Kier alpha value is -3.26. The molecule has 0 saturated carbocycles. The van der Waals surface area contributed by atoms with Crippen molar-refractivity contribution < 1.29 is 18.3 Å². The predicted molar refractivity (Wildman–Crippen MR) is 101 cm³/mol. The number of rotatable bonds is 8. The van der Waals surface area contributed by atoms with Gasteiger partial charge in [0.2, 0.25) is 5.91 Å². The highest BCUT2D eigenvalue weighted by molar-refractivity contribution is 6.02. The monoisotopic (exact) mass is 374 g/mol. The molecule has 0 unspecified atom stereocenters. The van der Waals surface area contributed by atoms with Crippen molar-refractivity contribution in [3.63, 3.8) is 0 Å². The van der Waals surface area contributed by atoms with Crippen molar-refractivity contribution >= 4 is 23.2 Å². The molecule has 2 aromatic rings. The third kappa shape index (κ3) is 6.19. The van der Waals surface area contributed by atoms with Crippen LogP contribution in [0, 0.1) is 0 Å². The number of hydrogen-bond acceptors (Lipinski definition) is 5. The number of nitrogens with two attached hydrogens (primary N) is 1. The van der Waals surface area contributed by atoms with Gasteiger partial charge in [-0.05, 0) is 60.8 Å². The van der Waals surface area contributed by atoms with E-state index in [4.69, 9.17) is 5.73 Å². The SMILES string of the molecule is CNC/C(=C\N)c1ccncc1/C=C/C(=O)Nc1ccc(OC(F)F)cc1. The van der Waals surface area contributed by atoms with Crippen LogP contribution in [0.4, 0.5) is 14.5 Å². The molecule has 1 aromatic carbocycles. The molecule has 0 aliphatic rings. The molecule has 8 heteroatoms. The molecule has 0 aliphatic heterocycles. The number of carbonyl (C=O) groups excluding carboxylic acids is 1. The van der Waals surface area contributed by atoms with E-state index >= 15 is 0 Å². The molecule has 0 fully saturated rings. The number of anilines is 1. The second-order valence-electron chi connectivity index (χ2n) is 5.41. The van der Waals surface area contributed by atoms with Crippen molar-refractivity contribution in [3.8, 4) is 5.75 Å². The first-order valence-corrected chi connectivity index (χ1v) is 8.07. The number of hydrogen-bond donors (Lipinski definition) is 3. The first-order valence-electron chi connectivity index (χ1n) is 8.07. The summed E-state index contributed by atoms with van der Waals surface area (Å²) >= 11 is 0. The van der Waals surface area contributed by atoms with Crippen LogP contribution in [0.1, 0.15) is 11.1 Å². The Bertz CT molecular complexity index is 821. The minimum Gasteiger partial charge on any atom is -0.435 e. The number of likely N-dealkylation sites (N-methyl/N-ethyl adjacent to an activating group) is 1. The van der Waals surface area contributed by atoms with Crippen molar-refractivity contribution in [2.75, 3.05) is 18.9 Å². The zero-order valence-electron chi connectivity index (χ0n) is 14.7. The zero-order valence-corrected chi connectivity index (χ0v) is 14.7. The summed E-state index contributed by atoms with van der Waals surface area (Å²) in [5.41, 5.74) is 8.60.